The molecule has 1 aliphatic heterocycles. The summed E-state index contributed by atoms with van der Waals surface area (Å²) in [6, 6.07) is 8.14. The molecule has 24 heavy (non-hydrogen) atoms. The lowest BCUT2D eigenvalue weighted by Crippen LogP contribution is -2.19. The van der Waals surface area contributed by atoms with Crippen LogP contribution in [-0.4, -0.2) is 32.6 Å². The zero-order valence-corrected chi connectivity index (χ0v) is 15.7. The minimum absolute atomic E-state index is 0.00182. The van der Waals surface area contributed by atoms with Gasteiger partial charge in [-0.15, -0.1) is 0 Å². The Hall–Kier alpha value is -1.44. The molecule has 0 radical (unpaired) electrons. The highest BCUT2D eigenvalue weighted by Gasteiger charge is 2.22. The zero-order valence-electron chi connectivity index (χ0n) is 13.3. The largest absolute Gasteiger partial charge is 0.356 e. The second kappa shape index (κ2) is 6.82. The summed E-state index contributed by atoms with van der Waals surface area (Å²) in [5.74, 6) is 0. The molecule has 4 rings (SSSR count). The molecule has 7 heteroatoms. The average molecular weight is 405 g/mol. The van der Waals surface area contributed by atoms with E-state index in [9.17, 15) is 0 Å². The summed E-state index contributed by atoms with van der Waals surface area (Å²) in [6.45, 7) is 0.794. The first-order valence-corrected chi connectivity index (χ1v) is 9.95. The van der Waals surface area contributed by atoms with Crippen molar-refractivity contribution in [3.63, 3.8) is 0 Å². The van der Waals surface area contributed by atoms with Crippen LogP contribution in [-0.2, 0) is 4.74 Å². The van der Waals surface area contributed by atoms with Gasteiger partial charge in [0.25, 0.3) is 0 Å². The third kappa shape index (κ3) is 2.96. The Morgan fingerprint density at radius 3 is 3.00 bits per heavy atom. The van der Waals surface area contributed by atoms with E-state index in [0.29, 0.717) is 0 Å². The van der Waals surface area contributed by atoms with Crippen molar-refractivity contribution in [1.29, 1.82) is 0 Å². The second-order valence-corrected chi connectivity index (χ2v) is 7.39. The molecule has 1 fully saturated rings. The van der Waals surface area contributed by atoms with Crippen LogP contribution in [0, 0.1) is 0 Å². The molecule has 3 heterocycles. The smallest absolute Gasteiger partial charge is 0.187 e. The van der Waals surface area contributed by atoms with Crippen molar-refractivity contribution in [2.75, 3.05) is 12.9 Å². The van der Waals surface area contributed by atoms with E-state index in [1.54, 1.807) is 6.20 Å². The lowest BCUT2D eigenvalue weighted by atomic mass is 10.1. The molecule has 5 nitrogen and oxygen atoms in total. The van der Waals surface area contributed by atoms with E-state index in [4.69, 9.17) is 9.84 Å². The molecule has 1 aliphatic rings. The summed E-state index contributed by atoms with van der Waals surface area (Å²) in [7, 11) is 0. The van der Waals surface area contributed by atoms with Crippen LogP contribution in [0.25, 0.3) is 22.3 Å². The van der Waals surface area contributed by atoms with Crippen LogP contribution < -0.4 is 0 Å². The van der Waals surface area contributed by atoms with E-state index in [2.05, 4.69) is 38.0 Å². The van der Waals surface area contributed by atoms with Crippen molar-refractivity contribution in [3.8, 4) is 11.4 Å². The maximum atomic E-state index is 5.95. The maximum absolute atomic E-state index is 5.95. The molecular formula is C17H17BrN4OS. The molecule has 0 N–H and O–H groups in total. The normalized spacial score (nSPS) is 18.2. The van der Waals surface area contributed by atoms with E-state index >= 15 is 0 Å². The number of nitrogens with zero attached hydrogens (tertiary/aromatic N) is 4. The van der Waals surface area contributed by atoms with Gasteiger partial charge in [0, 0.05) is 22.7 Å². The molecule has 0 aliphatic carbocycles. The van der Waals surface area contributed by atoms with Gasteiger partial charge in [0.1, 0.15) is 5.69 Å². The second-order valence-electron chi connectivity index (χ2n) is 5.70. The topological polar surface area (TPSA) is 52.8 Å². The Kier molecular flexibility index (Phi) is 4.56. The predicted molar refractivity (Wildman–Crippen MR) is 99.1 cm³/mol. The van der Waals surface area contributed by atoms with Gasteiger partial charge in [-0.05, 0) is 49.8 Å². The SMILES string of the molecule is CSc1nccc(-c2nn(C3CCCCO3)c3ccc(Br)cc23)n1. The Morgan fingerprint density at radius 1 is 1.29 bits per heavy atom. The number of aromatic nitrogens is 4. The maximum Gasteiger partial charge on any atom is 0.187 e. The minimum Gasteiger partial charge on any atom is -0.356 e. The predicted octanol–water partition coefficient (Wildman–Crippen LogP) is 4.68. The standard InChI is InChI=1S/C17H17BrN4OS/c1-24-17-19-8-7-13(20-17)16-12-10-11(18)5-6-14(12)22(21-16)15-4-2-3-9-23-15/h5-8,10,15H,2-4,9H2,1H3. The highest BCUT2D eigenvalue weighted by molar-refractivity contribution is 9.10. The van der Waals surface area contributed by atoms with Crippen molar-refractivity contribution in [2.45, 2.75) is 30.6 Å². The molecule has 2 aromatic heterocycles. The van der Waals surface area contributed by atoms with Crippen molar-refractivity contribution >= 4 is 38.6 Å². The van der Waals surface area contributed by atoms with E-state index in [1.165, 1.54) is 18.2 Å². The highest BCUT2D eigenvalue weighted by Crippen LogP contribution is 2.33. The van der Waals surface area contributed by atoms with E-state index in [0.717, 1.165) is 51.4 Å². The van der Waals surface area contributed by atoms with Gasteiger partial charge in [0.15, 0.2) is 11.4 Å². The number of thioether (sulfide) groups is 1. The van der Waals surface area contributed by atoms with Gasteiger partial charge in [0.2, 0.25) is 0 Å². The summed E-state index contributed by atoms with van der Waals surface area (Å²) >= 11 is 5.10. The number of ether oxygens (including phenoxy) is 1. The molecule has 0 amide bonds. The van der Waals surface area contributed by atoms with Gasteiger partial charge in [0.05, 0.1) is 11.2 Å². The van der Waals surface area contributed by atoms with Crippen LogP contribution in [0.3, 0.4) is 0 Å². The Balaban J connectivity index is 1.89. The van der Waals surface area contributed by atoms with Gasteiger partial charge < -0.3 is 4.74 Å². The van der Waals surface area contributed by atoms with Crippen molar-refractivity contribution in [1.82, 2.24) is 19.7 Å². The molecule has 0 spiro atoms. The molecule has 1 saturated heterocycles. The molecule has 124 valence electrons. The van der Waals surface area contributed by atoms with E-state index in [-0.39, 0.29) is 6.23 Å². The van der Waals surface area contributed by atoms with Crippen molar-refractivity contribution in [2.24, 2.45) is 0 Å². The molecule has 1 aromatic carbocycles. The number of halogens is 1. The Morgan fingerprint density at radius 2 is 2.21 bits per heavy atom. The van der Waals surface area contributed by atoms with Crippen molar-refractivity contribution in [3.05, 3.63) is 34.9 Å². The number of hydrogen-bond acceptors (Lipinski definition) is 5. The number of benzene rings is 1. The van der Waals surface area contributed by atoms with Crippen LogP contribution in [0.5, 0.6) is 0 Å². The molecule has 0 bridgehead atoms. The van der Waals surface area contributed by atoms with Gasteiger partial charge in [-0.3, -0.25) is 0 Å². The molecule has 1 unspecified atom stereocenters. The molecule has 0 saturated carbocycles. The van der Waals surface area contributed by atoms with Crippen LogP contribution in [0.1, 0.15) is 25.5 Å². The lowest BCUT2D eigenvalue weighted by molar-refractivity contribution is -0.0365. The van der Waals surface area contributed by atoms with Crippen LogP contribution in [0.15, 0.2) is 40.1 Å². The average Bonchev–Trinajstić information content (AvgIpc) is 3.01. The zero-order chi connectivity index (χ0) is 16.5. The third-order valence-corrected chi connectivity index (χ3v) is 5.21. The van der Waals surface area contributed by atoms with Crippen LogP contribution in [0.2, 0.25) is 0 Å². The summed E-state index contributed by atoms with van der Waals surface area (Å²) in [5.41, 5.74) is 2.79. The first-order chi connectivity index (χ1) is 11.8. The summed E-state index contributed by atoms with van der Waals surface area (Å²) in [4.78, 5) is 8.88. The third-order valence-electron chi connectivity index (χ3n) is 4.16. The minimum atomic E-state index is -0.00182. The highest BCUT2D eigenvalue weighted by atomic mass is 79.9. The van der Waals surface area contributed by atoms with E-state index in [1.807, 2.05) is 23.1 Å². The molecule has 1 atom stereocenters. The Bertz CT molecular complexity index is 876. The van der Waals surface area contributed by atoms with Gasteiger partial charge in [-0.1, -0.05) is 27.7 Å². The fourth-order valence-electron chi connectivity index (χ4n) is 3.01. The number of hydrogen-bond donors (Lipinski definition) is 0. The van der Waals surface area contributed by atoms with Crippen LogP contribution in [0.4, 0.5) is 0 Å². The molecular weight excluding hydrogens is 388 g/mol. The van der Waals surface area contributed by atoms with Gasteiger partial charge >= 0.3 is 0 Å². The number of fused-ring (bicyclic) bond motifs is 1. The summed E-state index contributed by atoms with van der Waals surface area (Å²) in [6.07, 6.45) is 7.04. The first-order valence-electron chi connectivity index (χ1n) is 7.93. The van der Waals surface area contributed by atoms with Gasteiger partial charge in [-0.25, -0.2) is 14.6 Å². The summed E-state index contributed by atoms with van der Waals surface area (Å²) < 4.78 is 8.99. The van der Waals surface area contributed by atoms with E-state index < -0.39 is 0 Å². The molecule has 3 aromatic rings. The number of rotatable bonds is 3. The fourth-order valence-corrected chi connectivity index (χ4v) is 3.73. The van der Waals surface area contributed by atoms with Crippen LogP contribution >= 0.6 is 27.7 Å². The monoisotopic (exact) mass is 404 g/mol. The lowest BCUT2D eigenvalue weighted by Gasteiger charge is -2.23. The first kappa shape index (κ1) is 16.1. The Labute approximate surface area is 153 Å². The fraction of sp³-hybridized carbons (Fsp3) is 0.353. The van der Waals surface area contributed by atoms with Gasteiger partial charge in [-0.2, -0.15) is 5.10 Å². The quantitative estimate of drug-likeness (QED) is 0.468. The van der Waals surface area contributed by atoms with Crippen molar-refractivity contribution < 1.29 is 4.74 Å². The summed E-state index contributed by atoms with van der Waals surface area (Å²) in [5, 5.41) is 6.69.